The second kappa shape index (κ2) is 4.83. The van der Waals surface area contributed by atoms with Crippen molar-refractivity contribution in [2.45, 2.75) is 47.1 Å². The first-order chi connectivity index (χ1) is 9.87. The van der Waals surface area contributed by atoms with Crippen LogP contribution in [0.25, 0.3) is 0 Å². The van der Waals surface area contributed by atoms with Crippen LogP contribution in [-0.4, -0.2) is 15.3 Å². The van der Waals surface area contributed by atoms with E-state index in [0.29, 0.717) is 6.42 Å². The van der Waals surface area contributed by atoms with Gasteiger partial charge in [-0.1, -0.05) is 19.9 Å². The van der Waals surface area contributed by atoms with E-state index in [-0.39, 0.29) is 11.2 Å². The summed E-state index contributed by atoms with van der Waals surface area (Å²) in [6.07, 6.45) is 3.43. The minimum Gasteiger partial charge on any atom is -0.342 e. The highest BCUT2D eigenvalue weighted by atomic mass is 16.1. The number of hydrogen-bond donors (Lipinski definition) is 0. The summed E-state index contributed by atoms with van der Waals surface area (Å²) in [6, 6.07) is 6.09. The van der Waals surface area contributed by atoms with Gasteiger partial charge >= 0.3 is 0 Å². The van der Waals surface area contributed by atoms with E-state index in [0.717, 1.165) is 29.9 Å². The van der Waals surface area contributed by atoms with Crippen LogP contribution in [0.3, 0.4) is 0 Å². The van der Waals surface area contributed by atoms with Crippen molar-refractivity contribution in [2.24, 2.45) is 5.41 Å². The molecular formula is C18H22N2O. The van der Waals surface area contributed by atoms with Gasteiger partial charge in [-0.2, -0.15) is 0 Å². The smallest absolute Gasteiger partial charge is 0.165 e. The van der Waals surface area contributed by atoms with Gasteiger partial charge in [-0.05, 0) is 43.4 Å². The van der Waals surface area contributed by atoms with Crippen molar-refractivity contribution in [3.05, 3.63) is 52.6 Å². The van der Waals surface area contributed by atoms with Gasteiger partial charge in [0.25, 0.3) is 0 Å². The van der Waals surface area contributed by atoms with Crippen LogP contribution < -0.4 is 0 Å². The van der Waals surface area contributed by atoms with Crippen molar-refractivity contribution in [3.63, 3.8) is 0 Å². The molecule has 3 nitrogen and oxygen atoms in total. The maximum atomic E-state index is 12.4. The van der Waals surface area contributed by atoms with Gasteiger partial charge in [-0.25, -0.2) is 0 Å². The molecule has 0 saturated carbocycles. The van der Waals surface area contributed by atoms with Crippen LogP contribution in [0.1, 0.15) is 53.3 Å². The number of pyridine rings is 1. The normalized spacial score (nSPS) is 16.9. The lowest BCUT2D eigenvalue weighted by Gasteiger charge is -2.30. The molecule has 0 aromatic carbocycles. The number of Topliss-reactive ketones (excluding diaryl/α,β-unsaturated/α-hetero) is 1. The first-order valence-electron chi connectivity index (χ1n) is 7.50. The van der Waals surface area contributed by atoms with Crippen molar-refractivity contribution in [1.29, 1.82) is 0 Å². The molecule has 2 heterocycles. The fourth-order valence-electron chi connectivity index (χ4n) is 3.26. The van der Waals surface area contributed by atoms with Gasteiger partial charge in [0, 0.05) is 29.6 Å². The predicted molar refractivity (Wildman–Crippen MR) is 83.7 cm³/mol. The molecule has 0 aliphatic heterocycles. The zero-order valence-corrected chi connectivity index (χ0v) is 13.2. The average Bonchev–Trinajstić information content (AvgIpc) is 2.69. The zero-order valence-electron chi connectivity index (χ0n) is 13.2. The van der Waals surface area contributed by atoms with Gasteiger partial charge in [0.15, 0.2) is 5.78 Å². The maximum absolute atomic E-state index is 12.4. The topological polar surface area (TPSA) is 34.9 Å². The lowest BCUT2D eigenvalue weighted by atomic mass is 9.76. The van der Waals surface area contributed by atoms with E-state index in [4.69, 9.17) is 0 Å². The molecule has 0 saturated heterocycles. The molecule has 1 aliphatic carbocycles. The van der Waals surface area contributed by atoms with Gasteiger partial charge < -0.3 is 4.57 Å². The zero-order chi connectivity index (χ0) is 15.2. The largest absolute Gasteiger partial charge is 0.342 e. The van der Waals surface area contributed by atoms with Crippen molar-refractivity contribution >= 4 is 5.78 Å². The highest BCUT2D eigenvalue weighted by molar-refractivity contribution is 5.99. The molecule has 0 spiro atoms. The molecule has 21 heavy (non-hydrogen) atoms. The number of ketones is 1. The van der Waals surface area contributed by atoms with Crippen molar-refractivity contribution in [2.75, 3.05) is 0 Å². The molecule has 0 atom stereocenters. The maximum Gasteiger partial charge on any atom is 0.165 e. The van der Waals surface area contributed by atoms with Gasteiger partial charge in [-0.3, -0.25) is 9.78 Å². The molecule has 2 aromatic rings. The average molecular weight is 282 g/mol. The van der Waals surface area contributed by atoms with Gasteiger partial charge in [0.2, 0.25) is 0 Å². The van der Waals surface area contributed by atoms with Gasteiger partial charge in [0.05, 0.1) is 12.2 Å². The Hall–Kier alpha value is -1.90. The van der Waals surface area contributed by atoms with Crippen molar-refractivity contribution in [1.82, 2.24) is 9.55 Å². The standard InChI is InChI=1S/C18H22N2O/c1-12-6-5-7-19-15(12)11-20-13(2)8-14-16(20)9-18(3,4)10-17(14)21/h5-8H,9-11H2,1-4H3. The van der Waals surface area contributed by atoms with Gasteiger partial charge in [0.1, 0.15) is 0 Å². The van der Waals surface area contributed by atoms with E-state index in [1.807, 2.05) is 18.3 Å². The van der Waals surface area contributed by atoms with E-state index < -0.39 is 0 Å². The van der Waals surface area contributed by atoms with E-state index in [9.17, 15) is 4.79 Å². The van der Waals surface area contributed by atoms with E-state index in [1.165, 1.54) is 11.3 Å². The van der Waals surface area contributed by atoms with Crippen LogP contribution in [-0.2, 0) is 13.0 Å². The Balaban J connectivity index is 2.05. The minimum atomic E-state index is 0.0474. The Morgan fingerprint density at radius 2 is 2.05 bits per heavy atom. The molecule has 0 unspecified atom stereocenters. The van der Waals surface area contributed by atoms with E-state index >= 15 is 0 Å². The molecule has 1 aliphatic rings. The van der Waals surface area contributed by atoms with E-state index in [1.54, 1.807) is 0 Å². The van der Waals surface area contributed by atoms with Gasteiger partial charge in [-0.15, -0.1) is 0 Å². The number of aromatic nitrogens is 2. The molecule has 0 N–H and O–H groups in total. The Morgan fingerprint density at radius 1 is 1.29 bits per heavy atom. The molecule has 110 valence electrons. The van der Waals surface area contributed by atoms with Crippen LogP contribution in [0.5, 0.6) is 0 Å². The van der Waals surface area contributed by atoms with Crippen LogP contribution in [0.2, 0.25) is 0 Å². The fourth-order valence-corrected chi connectivity index (χ4v) is 3.26. The van der Waals surface area contributed by atoms with Crippen LogP contribution in [0, 0.1) is 19.3 Å². The molecular weight excluding hydrogens is 260 g/mol. The lowest BCUT2D eigenvalue weighted by Crippen LogP contribution is -2.28. The van der Waals surface area contributed by atoms with Crippen molar-refractivity contribution in [3.8, 4) is 0 Å². The first kappa shape index (κ1) is 14.1. The first-order valence-corrected chi connectivity index (χ1v) is 7.50. The summed E-state index contributed by atoms with van der Waals surface area (Å²) in [6.45, 7) is 9.26. The highest BCUT2D eigenvalue weighted by Crippen LogP contribution is 2.36. The third kappa shape index (κ3) is 2.53. The summed E-state index contributed by atoms with van der Waals surface area (Å²) in [5.74, 6) is 0.279. The molecule has 0 fully saturated rings. The number of hydrogen-bond acceptors (Lipinski definition) is 2. The lowest BCUT2D eigenvalue weighted by molar-refractivity contribution is 0.0910. The minimum absolute atomic E-state index is 0.0474. The Labute approximate surface area is 126 Å². The summed E-state index contributed by atoms with van der Waals surface area (Å²) in [5.41, 5.74) is 5.57. The number of carbonyl (C=O) groups excluding carboxylic acids is 1. The fraction of sp³-hybridized carbons (Fsp3) is 0.444. The molecule has 3 rings (SSSR count). The number of carbonyl (C=O) groups is 1. The number of aryl methyl sites for hydroxylation is 2. The van der Waals surface area contributed by atoms with E-state index in [2.05, 4.69) is 43.3 Å². The van der Waals surface area contributed by atoms with Crippen LogP contribution >= 0.6 is 0 Å². The van der Waals surface area contributed by atoms with Crippen LogP contribution in [0.15, 0.2) is 24.4 Å². The Kier molecular flexibility index (Phi) is 3.23. The summed E-state index contributed by atoms with van der Waals surface area (Å²) in [7, 11) is 0. The Morgan fingerprint density at radius 3 is 2.76 bits per heavy atom. The molecule has 2 aromatic heterocycles. The molecule has 0 bridgehead atoms. The molecule has 0 radical (unpaired) electrons. The number of fused-ring (bicyclic) bond motifs is 1. The summed E-state index contributed by atoms with van der Waals surface area (Å²) in [5, 5.41) is 0. The third-order valence-corrected chi connectivity index (χ3v) is 4.43. The molecule has 0 amide bonds. The third-order valence-electron chi connectivity index (χ3n) is 4.43. The van der Waals surface area contributed by atoms with Crippen molar-refractivity contribution < 1.29 is 4.79 Å². The highest BCUT2D eigenvalue weighted by Gasteiger charge is 2.33. The second-order valence-corrected chi connectivity index (χ2v) is 6.94. The monoisotopic (exact) mass is 282 g/mol. The molecule has 3 heteroatoms. The second-order valence-electron chi connectivity index (χ2n) is 6.94. The summed E-state index contributed by atoms with van der Waals surface area (Å²) >= 11 is 0. The summed E-state index contributed by atoms with van der Waals surface area (Å²) in [4.78, 5) is 16.8. The number of nitrogens with zero attached hydrogens (tertiary/aromatic N) is 2. The SMILES string of the molecule is Cc1cccnc1Cn1c(C)cc2c1CC(C)(C)CC2=O. The number of rotatable bonds is 2. The van der Waals surface area contributed by atoms with Crippen LogP contribution in [0.4, 0.5) is 0 Å². The predicted octanol–water partition coefficient (Wildman–Crippen LogP) is 3.70. The Bertz CT molecular complexity index is 710. The summed E-state index contributed by atoms with van der Waals surface area (Å²) < 4.78 is 2.27. The quantitative estimate of drug-likeness (QED) is 0.841.